The highest BCUT2D eigenvalue weighted by Crippen LogP contribution is 2.32. The monoisotopic (exact) mass is 266 g/mol. The Labute approximate surface area is 120 Å². The van der Waals surface area contributed by atoms with Crippen LogP contribution in [0, 0.1) is 5.92 Å². The molecule has 2 aliphatic rings. The zero-order valence-corrected chi connectivity index (χ0v) is 13.3. The Bertz CT molecular complexity index is 246. The van der Waals surface area contributed by atoms with Crippen LogP contribution >= 0.6 is 0 Å². The average Bonchev–Trinajstić information content (AvgIpc) is 2.45. The third-order valence-electron chi connectivity index (χ3n) is 5.47. The van der Waals surface area contributed by atoms with Crippen molar-refractivity contribution in [2.24, 2.45) is 5.92 Å². The number of hydrogen-bond donors (Lipinski definition) is 1. The normalized spacial score (nSPS) is 37.4. The Morgan fingerprint density at radius 1 is 1.05 bits per heavy atom. The van der Waals surface area contributed by atoms with E-state index in [-0.39, 0.29) is 0 Å². The van der Waals surface area contributed by atoms with Crippen molar-refractivity contribution in [1.29, 1.82) is 0 Å². The van der Waals surface area contributed by atoms with Gasteiger partial charge in [-0.3, -0.25) is 4.90 Å². The molecule has 0 bridgehead atoms. The van der Waals surface area contributed by atoms with Gasteiger partial charge in [0.05, 0.1) is 0 Å². The van der Waals surface area contributed by atoms with Gasteiger partial charge in [-0.05, 0) is 64.3 Å². The van der Waals surface area contributed by atoms with Crippen LogP contribution in [0.2, 0.25) is 0 Å². The van der Waals surface area contributed by atoms with Crippen LogP contribution in [0.25, 0.3) is 0 Å². The summed E-state index contributed by atoms with van der Waals surface area (Å²) in [6, 6.07) is 2.45. The SMILES string of the molecule is CCCNC1CCN(C2CCC(CC)CC2)C(C)C1. The summed E-state index contributed by atoms with van der Waals surface area (Å²) >= 11 is 0. The molecular formula is C17H34N2. The van der Waals surface area contributed by atoms with Gasteiger partial charge in [0.25, 0.3) is 0 Å². The second kappa shape index (κ2) is 7.64. The topological polar surface area (TPSA) is 15.3 Å². The van der Waals surface area contributed by atoms with Crippen molar-refractivity contribution >= 4 is 0 Å². The smallest absolute Gasteiger partial charge is 0.00983 e. The summed E-state index contributed by atoms with van der Waals surface area (Å²) in [5, 5.41) is 3.71. The molecule has 112 valence electrons. The van der Waals surface area contributed by atoms with E-state index >= 15 is 0 Å². The number of rotatable bonds is 5. The zero-order chi connectivity index (χ0) is 13.7. The maximum absolute atomic E-state index is 3.71. The van der Waals surface area contributed by atoms with Gasteiger partial charge in [0, 0.05) is 24.7 Å². The largest absolute Gasteiger partial charge is 0.314 e. The third-order valence-corrected chi connectivity index (χ3v) is 5.47. The first-order valence-electron chi connectivity index (χ1n) is 8.73. The van der Waals surface area contributed by atoms with E-state index in [0.717, 1.165) is 24.0 Å². The van der Waals surface area contributed by atoms with E-state index in [1.807, 2.05) is 0 Å². The predicted molar refractivity (Wildman–Crippen MR) is 83.5 cm³/mol. The first-order chi connectivity index (χ1) is 9.24. The molecule has 0 aromatic rings. The maximum Gasteiger partial charge on any atom is 0.00983 e. The molecule has 1 N–H and O–H groups in total. The first-order valence-corrected chi connectivity index (χ1v) is 8.73. The molecule has 0 spiro atoms. The predicted octanol–water partition coefficient (Wildman–Crippen LogP) is 3.81. The lowest BCUT2D eigenvalue weighted by atomic mass is 9.82. The van der Waals surface area contributed by atoms with E-state index in [1.54, 1.807) is 0 Å². The lowest BCUT2D eigenvalue weighted by Gasteiger charge is -2.45. The maximum atomic E-state index is 3.71. The molecule has 2 unspecified atom stereocenters. The Morgan fingerprint density at radius 2 is 1.79 bits per heavy atom. The number of hydrogen-bond acceptors (Lipinski definition) is 2. The number of nitrogens with one attached hydrogen (secondary N) is 1. The van der Waals surface area contributed by atoms with Gasteiger partial charge in [-0.15, -0.1) is 0 Å². The molecule has 1 heterocycles. The average molecular weight is 266 g/mol. The van der Waals surface area contributed by atoms with Gasteiger partial charge < -0.3 is 5.32 Å². The molecule has 2 rings (SSSR count). The molecule has 1 aliphatic heterocycles. The van der Waals surface area contributed by atoms with Gasteiger partial charge in [-0.25, -0.2) is 0 Å². The fourth-order valence-electron chi connectivity index (χ4n) is 4.15. The van der Waals surface area contributed by atoms with Crippen molar-refractivity contribution in [3.8, 4) is 0 Å². The van der Waals surface area contributed by atoms with E-state index in [9.17, 15) is 0 Å². The quantitative estimate of drug-likeness (QED) is 0.814. The van der Waals surface area contributed by atoms with Crippen molar-refractivity contribution < 1.29 is 0 Å². The summed E-state index contributed by atoms with van der Waals surface area (Å²) in [5.74, 6) is 1.02. The van der Waals surface area contributed by atoms with Gasteiger partial charge in [-0.2, -0.15) is 0 Å². The van der Waals surface area contributed by atoms with Crippen molar-refractivity contribution in [3.05, 3.63) is 0 Å². The molecule has 19 heavy (non-hydrogen) atoms. The summed E-state index contributed by atoms with van der Waals surface area (Å²) in [4.78, 5) is 2.83. The molecule has 0 aromatic carbocycles. The molecular weight excluding hydrogens is 232 g/mol. The molecule has 2 fully saturated rings. The second-order valence-electron chi connectivity index (χ2n) is 6.85. The summed E-state index contributed by atoms with van der Waals surface area (Å²) in [6.07, 6.45) is 11.2. The van der Waals surface area contributed by atoms with Crippen molar-refractivity contribution in [3.63, 3.8) is 0 Å². The fourth-order valence-corrected chi connectivity index (χ4v) is 4.15. The second-order valence-corrected chi connectivity index (χ2v) is 6.85. The van der Waals surface area contributed by atoms with Crippen LogP contribution in [0.15, 0.2) is 0 Å². The Hall–Kier alpha value is -0.0800. The van der Waals surface area contributed by atoms with Gasteiger partial charge in [0.1, 0.15) is 0 Å². The minimum atomic E-state index is 0.776. The highest BCUT2D eigenvalue weighted by molar-refractivity contribution is 4.88. The Balaban J connectivity index is 1.76. The summed E-state index contributed by atoms with van der Waals surface area (Å²) in [7, 11) is 0. The van der Waals surface area contributed by atoms with Gasteiger partial charge in [0.2, 0.25) is 0 Å². The van der Waals surface area contributed by atoms with E-state index in [4.69, 9.17) is 0 Å². The van der Waals surface area contributed by atoms with Crippen LogP contribution in [-0.4, -0.2) is 36.1 Å². The molecule has 2 heteroatoms. The molecule has 1 saturated carbocycles. The lowest BCUT2D eigenvalue weighted by Crippen LogP contribution is -2.52. The van der Waals surface area contributed by atoms with Crippen LogP contribution in [0.5, 0.6) is 0 Å². The van der Waals surface area contributed by atoms with Gasteiger partial charge >= 0.3 is 0 Å². The van der Waals surface area contributed by atoms with Gasteiger partial charge in [-0.1, -0.05) is 20.3 Å². The number of piperidine rings is 1. The van der Waals surface area contributed by atoms with Crippen molar-refractivity contribution in [2.75, 3.05) is 13.1 Å². The van der Waals surface area contributed by atoms with Crippen molar-refractivity contribution in [1.82, 2.24) is 10.2 Å². The standard InChI is InChI=1S/C17H34N2/c1-4-11-18-16-10-12-19(14(3)13-16)17-8-6-15(5-2)7-9-17/h14-18H,4-13H2,1-3H3. The lowest BCUT2D eigenvalue weighted by molar-refractivity contribution is 0.0583. The zero-order valence-electron chi connectivity index (χ0n) is 13.3. The van der Waals surface area contributed by atoms with Crippen LogP contribution < -0.4 is 5.32 Å². The number of nitrogens with zero attached hydrogens (tertiary/aromatic N) is 1. The molecule has 2 atom stereocenters. The van der Waals surface area contributed by atoms with E-state index < -0.39 is 0 Å². The minimum absolute atomic E-state index is 0.776. The molecule has 0 radical (unpaired) electrons. The molecule has 1 saturated heterocycles. The van der Waals surface area contributed by atoms with Crippen LogP contribution in [0.1, 0.15) is 72.1 Å². The Morgan fingerprint density at radius 3 is 2.37 bits per heavy atom. The van der Waals surface area contributed by atoms with E-state index in [0.29, 0.717) is 0 Å². The molecule has 1 aliphatic carbocycles. The summed E-state index contributed by atoms with van der Waals surface area (Å²) < 4.78 is 0. The molecule has 0 amide bonds. The minimum Gasteiger partial charge on any atom is -0.314 e. The van der Waals surface area contributed by atoms with E-state index in [2.05, 4.69) is 31.0 Å². The highest BCUT2D eigenvalue weighted by Gasteiger charge is 2.32. The molecule has 0 aromatic heterocycles. The fraction of sp³-hybridized carbons (Fsp3) is 1.00. The number of likely N-dealkylation sites (tertiary alicyclic amines) is 1. The van der Waals surface area contributed by atoms with Crippen LogP contribution in [0.3, 0.4) is 0 Å². The third kappa shape index (κ3) is 4.19. The van der Waals surface area contributed by atoms with Crippen LogP contribution in [0.4, 0.5) is 0 Å². The first kappa shape index (κ1) is 15.3. The molecule has 2 nitrogen and oxygen atoms in total. The highest BCUT2D eigenvalue weighted by atomic mass is 15.2. The summed E-state index contributed by atoms with van der Waals surface area (Å²) in [6.45, 7) is 9.59. The Kier molecular flexibility index (Phi) is 6.15. The van der Waals surface area contributed by atoms with Crippen molar-refractivity contribution in [2.45, 2.75) is 90.3 Å². The van der Waals surface area contributed by atoms with E-state index in [1.165, 1.54) is 64.5 Å². The van der Waals surface area contributed by atoms with Crippen LogP contribution in [-0.2, 0) is 0 Å². The summed E-state index contributed by atoms with van der Waals surface area (Å²) in [5.41, 5.74) is 0. The van der Waals surface area contributed by atoms with Gasteiger partial charge in [0.15, 0.2) is 0 Å².